The van der Waals surface area contributed by atoms with Crippen LogP contribution in [0.2, 0.25) is 0 Å². The maximum atomic E-state index is 14.0. The zero-order valence-electron chi connectivity index (χ0n) is 16.3. The number of para-hydroxylation sites is 1. The van der Waals surface area contributed by atoms with Crippen LogP contribution in [0.1, 0.15) is 51.4 Å². The third-order valence-electron chi connectivity index (χ3n) is 6.85. The number of nitrogens with one attached hydrogen (secondary N) is 1. The van der Waals surface area contributed by atoms with Crippen LogP contribution in [0.5, 0.6) is 0 Å². The fourth-order valence-corrected chi connectivity index (χ4v) is 5.30. The molecule has 1 amide bonds. The number of benzene rings is 1. The number of halogens is 1. The minimum Gasteiger partial charge on any atom is -0.369 e. The maximum absolute atomic E-state index is 14.0. The van der Waals surface area contributed by atoms with E-state index in [2.05, 4.69) is 15.1 Å². The highest BCUT2D eigenvalue weighted by atomic mass is 19.1. The summed E-state index contributed by atoms with van der Waals surface area (Å²) < 4.78 is 14.0. The Balaban J connectivity index is 1.35. The molecule has 0 radical (unpaired) electrons. The van der Waals surface area contributed by atoms with Gasteiger partial charge in [0, 0.05) is 19.6 Å². The zero-order valence-corrected chi connectivity index (χ0v) is 16.3. The van der Waals surface area contributed by atoms with Crippen molar-refractivity contribution in [3.8, 4) is 0 Å². The van der Waals surface area contributed by atoms with Crippen LogP contribution in [0.3, 0.4) is 0 Å². The van der Waals surface area contributed by atoms with Crippen LogP contribution in [-0.2, 0) is 4.79 Å². The minimum absolute atomic E-state index is 0.155. The van der Waals surface area contributed by atoms with Crippen LogP contribution in [-0.4, -0.2) is 49.1 Å². The van der Waals surface area contributed by atoms with Gasteiger partial charge in [0.15, 0.2) is 0 Å². The van der Waals surface area contributed by atoms with Crippen LogP contribution < -0.4 is 10.2 Å². The molecule has 5 heteroatoms. The number of anilines is 1. The van der Waals surface area contributed by atoms with E-state index in [9.17, 15) is 9.18 Å². The molecule has 1 aromatic rings. The summed E-state index contributed by atoms with van der Waals surface area (Å²) in [4.78, 5) is 17.8. The molecule has 0 spiro atoms. The summed E-state index contributed by atoms with van der Waals surface area (Å²) in [5.41, 5.74) is 0.422. The van der Waals surface area contributed by atoms with Gasteiger partial charge < -0.3 is 10.2 Å². The lowest BCUT2D eigenvalue weighted by molar-refractivity contribution is -0.135. The normalized spacial score (nSPS) is 25.7. The van der Waals surface area contributed by atoms with Crippen molar-refractivity contribution in [1.82, 2.24) is 10.2 Å². The topological polar surface area (TPSA) is 35.6 Å². The second kappa shape index (κ2) is 8.17. The standard InChI is InChI=1S/C22H32FN3O/c23-19-8-2-3-9-20(19)25-15-10-18(17-25)16-24-21(27)22(11-4-1-5-12-22)26-13-6-7-14-26/h2-3,8-9,18H,1,4-7,10-17H2,(H,24,27)/t18-/m0/s1. The third kappa shape index (κ3) is 3.84. The van der Waals surface area contributed by atoms with Gasteiger partial charge in [-0.25, -0.2) is 4.39 Å². The van der Waals surface area contributed by atoms with Gasteiger partial charge in [0.05, 0.1) is 5.69 Å². The molecule has 0 aromatic heterocycles. The molecule has 2 aliphatic heterocycles. The molecule has 3 fully saturated rings. The van der Waals surface area contributed by atoms with E-state index in [1.807, 2.05) is 12.1 Å². The molecule has 148 valence electrons. The van der Waals surface area contributed by atoms with E-state index in [0.717, 1.165) is 58.3 Å². The smallest absolute Gasteiger partial charge is 0.240 e. The molecule has 1 atom stereocenters. The number of amides is 1. The Labute approximate surface area is 162 Å². The molecule has 0 unspecified atom stereocenters. The minimum atomic E-state index is -0.265. The van der Waals surface area contributed by atoms with Gasteiger partial charge in [0.1, 0.15) is 11.4 Å². The molecule has 4 nitrogen and oxygen atoms in total. The molecular weight excluding hydrogens is 341 g/mol. The van der Waals surface area contributed by atoms with Crippen LogP contribution in [0.4, 0.5) is 10.1 Å². The van der Waals surface area contributed by atoms with Gasteiger partial charge in [0.2, 0.25) is 5.91 Å². The van der Waals surface area contributed by atoms with E-state index in [1.54, 1.807) is 6.07 Å². The van der Waals surface area contributed by atoms with Crippen molar-refractivity contribution >= 4 is 11.6 Å². The number of hydrogen-bond donors (Lipinski definition) is 1. The molecule has 2 heterocycles. The Morgan fingerprint density at radius 1 is 1.07 bits per heavy atom. The molecule has 4 rings (SSSR count). The predicted molar refractivity (Wildman–Crippen MR) is 106 cm³/mol. The number of rotatable bonds is 5. The monoisotopic (exact) mass is 373 g/mol. The van der Waals surface area contributed by atoms with Crippen molar-refractivity contribution in [2.24, 2.45) is 5.92 Å². The number of nitrogens with zero attached hydrogens (tertiary/aromatic N) is 2. The number of likely N-dealkylation sites (tertiary alicyclic amines) is 1. The van der Waals surface area contributed by atoms with Crippen molar-refractivity contribution < 1.29 is 9.18 Å². The van der Waals surface area contributed by atoms with E-state index in [4.69, 9.17) is 0 Å². The van der Waals surface area contributed by atoms with E-state index in [1.165, 1.54) is 25.3 Å². The molecule has 3 aliphatic rings. The molecule has 1 aliphatic carbocycles. The fourth-order valence-electron chi connectivity index (χ4n) is 5.30. The molecule has 0 bridgehead atoms. The molecule has 1 N–H and O–H groups in total. The van der Waals surface area contributed by atoms with Crippen molar-refractivity contribution in [1.29, 1.82) is 0 Å². The summed E-state index contributed by atoms with van der Waals surface area (Å²) in [5, 5.41) is 3.30. The van der Waals surface area contributed by atoms with Crippen LogP contribution in [0.15, 0.2) is 24.3 Å². The van der Waals surface area contributed by atoms with Crippen LogP contribution >= 0.6 is 0 Å². The molecular formula is C22H32FN3O. The van der Waals surface area contributed by atoms with E-state index in [0.29, 0.717) is 18.2 Å². The first-order chi connectivity index (χ1) is 13.2. The quantitative estimate of drug-likeness (QED) is 0.857. The third-order valence-corrected chi connectivity index (χ3v) is 6.85. The Morgan fingerprint density at radius 3 is 2.56 bits per heavy atom. The lowest BCUT2D eigenvalue weighted by Gasteiger charge is -2.43. The van der Waals surface area contributed by atoms with E-state index in [-0.39, 0.29) is 17.3 Å². The Bertz CT molecular complexity index is 653. The first kappa shape index (κ1) is 18.7. The van der Waals surface area contributed by atoms with Crippen molar-refractivity contribution in [2.75, 3.05) is 37.6 Å². The first-order valence-electron chi connectivity index (χ1n) is 10.7. The molecule has 2 saturated heterocycles. The van der Waals surface area contributed by atoms with Crippen molar-refractivity contribution in [3.05, 3.63) is 30.1 Å². The fraction of sp³-hybridized carbons (Fsp3) is 0.682. The SMILES string of the molecule is O=C(NC[C@@H]1CCN(c2ccccc2F)C1)C1(N2CCCC2)CCCCC1. The van der Waals surface area contributed by atoms with Gasteiger partial charge in [-0.1, -0.05) is 31.4 Å². The largest absolute Gasteiger partial charge is 0.369 e. The molecule has 1 saturated carbocycles. The number of hydrogen-bond acceptors (Lipinski definition) is 3. The Hall–Kier alpha value is -1.62. The summed E-state index contributed by atoms with van der Waals surface area (Å²) in [6.45, 7) is 4.52. The summed E-state index contributed by atoms with van der Waals surface area (Å²) in [7, 11) is 0. The van der Waals surface area contributed by atoms with Crippen molar-refractivity contribution in [2.45, 2.75) is 56.9 Å². The summed E-state index contributed by atoms with van der Waals surface area (Å²) in [5.74, 6) is 0.485. The van der Waals surface area contributed by atoms with Gasteiger partial charge in [-0.15, -0.1) is 0 Å². The van der Waals surface area contributed by atoms with Gasteiger partial charge in [0.25, 0.3) is 0 Å². The maximum Gasteiger partial charge on any atom is 0.240 e. The highest BCUT2D eigenvalue weighted by Crippen LogP contribution is 2.36. The van der Waals surface area contributed by atoms with E-state index < -0.39 is 0 Å². The van der Waals surface area contributed by atoms with Crippen LogP contribution in [0, 0.1) is 11.7 Å². The highest BCUT2D eigenvalue weighted by Gasteiger charge is 2.45. The first-order valence-corrected chi connectivity index (χ1v) is 10.7. The molecule has 1 aromatic carbocycles. The summed E-state index contributed by atoms with van der Waals surface area (Å²) >= 11 is 0. The number of carbonyl (C=O) groups is 1. The van der Waals surface area contributed by atoms with Gasteiger partial charge >= 0.3 is 0 Å². The second-order valence-electron chi connectivity index (χ2n) is 8.55. The van der Waals surface area contributed by atoms with Gasteiger partial charge in [-0.3, -0.25) is 9.69 Å². The highest BCUT2D eigenvalue weighted by molar-refractivity contribution is 5.86. The average Bonchev–Trinajstić information content (AvgIpc) is 3.39. The lowest BCUT2D eigenvalue weighted by Crippen LogP contribution is -2.59. The van der Waals surface area contributed by atoms with Gasteiger partial charge in [-0.2, -0.15) is 0 Å². The zero-order chi connectivity index (χ0) is 18.7. The summed E-state index contributed by atoms with van der Waals surface area (Å²) in [6, 6.07) is 6.99. The molecule has 27 heavy (non-hydrogen) atoms. The summed E-state index contributed by atoms with van der Waals surface area (Å²) in [6.07, 6.45) is 9.03. The number of carbonyl (C=O) groups excluding carboxylic acids is 1. The Kier molecular flexibility index (Phi) is 5.67. The van der Waals surface area contributed by atoms with Crippen LogP contribution in [0.25, 0.3) is 0 Å². The average molecular weight is 374 g/mol. The van der Waals surface area contributed by atoms with Crippen molar-refractivity contribution in [3.63, 3.8) is 0 Å². The van der Waals surface area contributed by atoms with Gasteiger partial charge in [-0.05, 0) is 63.2 Å². The Morgan fingerprint density at radius 2 is 1.81 bits per heavy atom. The lowest BCUT2D eigenvalue weighted by atomic mass is 9.79. The second-order valence-corrected chi connectivity index (χ2v) is 8.55. The van der Waals surface area contributed by atoms with E-state index >= 15 is 0 Å². The predicted octanol–water partition coefficient (Wildman–Crippen LogP) is 3.57.